The van der Waals surface area contributed by atoms with Gasteiger partial charge in [-0.15, -0.1) is 0 Å². The smallest absolute Gasteiger partial charge is 0.338 e. The molecule has 0 fully saturated rings. The average molecular weight is 482 g/mol. The van der Waals surface area contributed by atoms with Crippen molar-refractivity contribution in [1.82, 2.24) is 0 Å². The van der Waals surface area contributed by atoms with Crippen molar-refractivity contribution in [3.8, 4) is 11.8 Å². The number of hydrogen-bond donors (Lipinski definition) is 1. The van der Waals surface area contributed by atoms with E-state index in [1.165, 1.54) is 13.0 Å². The largest absolute Gasteiger partial charge is 0.489 e. The number of fused-ring (bicyclic) bond motifs is 1. The van der Waals surface area contributed by atoms with E-state index >= 15 is 0 Å². The maximum absolute atomic E-state index is 12.5. The molecule has 180 valence electrons. The Balaban J connectivity index is 1.32. The molecule has 0 aliphatic rings. The van der Waals surface area contributed by atoms with Gasteiger partial charge in [0.15, 0.2) is 6.10 Å². The molecule has 4 aromatic rings. The first-order chi connectivity index (χ1) is 17.3. The van der Waals surface area contributed by atoms with Gasteiger partial charge in [-0.1, -0.05) is 12.1 Å². The lowest BCUT2D eigenvalue weighted by atomic mass is 10.1. The van der Waals surface area contributed by atoms with E-state index in [0.717, 1.165) is 16.5 Å². The summed E-state index contributed by atoms with van der Waals surface area (Å²) < 4.78 is 16.3. The van der Waals surface area contributed by atoms with Gasteiger partial charge in [-0.3, -0.25) is 4.79 Å². The SMILES string of the molecule is Cc1cc(=O)oc2cc(OCc3ccc(C(=O)OC(C)C(=O)Nc4ccc(C#N)cc4)cc3)ccc12. The molecule has 1 amide bonds. The van der Waals surface area contributed by atoms with Crippen LogP contribution in [0.2, 0.25) is 0 Å². The molecule has 0 aliphatic heterocycles. The third-order valence-electron chi connectivity index (χ3n) is 5.45. The Morgan fingerprint density at radius 3 is 2.44 bits per heavy atom. The molecule has 0 radical (unpaired) electrons. The third-order valence-corrected chi connectivity index (χ3v) is 5.45. The summed E-state index contributed by atoms with van der Waals surface area (Å²) in [6.45, 7) is 3.56. The van der Waals surface area contributed by atoms with E-state index in [9.17, 15) is 14.4 Å². The molecule has 1 unspecified atom stereocenters. The molecule has 1 aromatic heterocycles. The van der Waals surface area contributed by atoms with E-state index in [-0.39, 0.29) is 6.61 Å². The van der Waals surface area contributed by atoms with Gasteiger partial charge in [0.1, 0.15) is 17.9 Å². The Labute approximate surface area is 206 Å². The number of aryl methyl sites for hydroxylation is 1. The Morgan fingerprint density at radius 1 is 1.03 bits per heavy atom. The number of ether oxygens (including phenoxy) is 2. The van der Waals surface area contributed by atoms with Crippen molar-refractivity contribution in [2.45, 2.75) is 26.6 Å². The highest BCUT2D eigenvalue weighted by molar-refractivity contribution is 5.97. The summed E-state index contributed by atoms with van der Waals surface area (Å²) in [7, 11) is 0. The Kier molecular flexibility index (Phi) is 7.12. The lowest BCUT2D eigenvalue weighted by molar-refractivity contribution is -0.123. The van der Waals surface area contributed by atoms with E-state index in [1.54, 1.807) is 60.7 Å². The Bertz CT molecular complexity index is 1520. The minimum absolute atomic E-state index is 0.236. The molecule has 1 N–H and O–H groups in total. The van der Waals surface area contributed by atoms with Gasteiger partial charge >= 0.3 is 11.6 Å². The van der Waals surface area contributed by atoms with E-state index in [0.29, 0.717) is 28.1 Å². The highest BCUT2D eigenvalue weighted by atomic mass is 16.5. The molecule has 0 aliphatic carbocycles. The minimum atomic E-state index is -1.02. The standard InChI is InChI=1S/C28H22N2O6/c1-17-13-26(31)36-25-14-23(11-12-24(17)25)34-16-20-3-7-21(8-4-20)28(33)35-18(2)27(32)30-22-9-5-19(15-29)6-10-22/h3-14,18H,16H2,1-2H3,(H,30,32). The zero-order chi connectivity index (χ0) is 25.7. The molecule has 0 spiro atoms. The number of esters is 1. The van der Waals surface area contributed by atoms with Gasteiger partial charge in [0, 0.05) is 23.2 Å². The predicted octanol–water partition coefficient (Wildman–Crippen LogP) is 4.74. The van der Waals surface area contributed by atoms with Crippen LogP contribution in [0.5, 0.6) is 5.75 Å². The lowest BCUT2D eigenvalue weighted by Crippen LogP contribution is -2.30. The Hall–Kier alpha value is -4.90. The van der Waals surface area contributed by atoms with Crippen LogP contribution in [0.4, 0.5) is 5.69 Å². The molecule has 3 aromatic carbocycles. The van der Waals surface area contributed by atoms with Crippen LogP contribution in [0.3, 0.4) is 0 Å². The molecule has 1 atom stereocenters. The summed E-state index contributed by atoms with van der Waals surface area (Å²) in [6, 6.07) is 21.7. The molecule has 36 heavy (non-hydrogen) atoms. The molecule has 0 bridgehead atoms. The van der Waals surface area contributed by atoms with Crippen molar-refractivity contribution in [3.63, 3.8) is 0 Å². The van der Waals surface area contributed by atoms with Gasteiger partial charge < -0.3 is 19.2 Å². The summed E-state index contributed by atoms with van der Waals surface area (Å²) in [5.41, 5.74) is 2.94. The summed E-state index contributed by atoms with van der Waals surface area (Å²) in [5.74, 6) is -0.578. The average Bonchev–Trinajstić information content (AvgIpc) is 2.87. The van der Waals surface area contributed by atoms with Crippen LogP contribution < -0.4 is 15.7 Å². The van der Waals surface area contributed by atoms with Gasteiger partial charge in [0.05, 0.1) is 17.2 Å². The van der Waals surface area contributed by atoms with Crippen LogP contribution in [-0.4, -0.2) is 18.0 Å². The first-order valence-corrected chi connectivity index (χ1v) is 11.1. The van der Waals surface area contributed by atoms with Crippen molar-refractivity contribution in [2.24, 2.45) is 0 Å². The molecule has 0 saturated carbocycles. The summed E-state index contributed by atoms with van der Waals surface area (Å²) in [5, 5.41) is 12.3. The number of amides is 1. The van der Waals surface area contributed by atoms with Crippen LogP contribution in [-0.2, 0) is 16.1 Å². The third kappa shape index (κ3) is 5.77. The quantitative estimate of drug-likeness (QED) is 0.299. The zero-order valence-electron chi connectivity index (χ0n) is 19.6. The van der Waals surface area contributed by atoms with E-state index in [2.05, 4.69) is 5.32 Å². The van der Waals surface area contributed by atoms with Crippen LogP contribution >= 0.6 is 0 Å². The lowest BCUT2D eigenvalue weighted by Gasteiger charge is -2.14. The van der Waals surface area contributed by atoms with Crippen LogP contribution in [0, 0.1) is 18.3 Å². The maximum Gasteiger partial charge on any atom is 0.338 e. The molecular weight excluding hydrogens is 460 g/mol. The summed E-state index contributed by atoms with van der Waals surface area (Å²) >= 11 is 0. The minimum Gasteiger partial charge on any atom is -0.489 e. The monoisotopic (exact) mass is 482 g/mol. The fourth-order valence-electron chi connectivity index (χ4n) is 3.45. The number of rotatable bonds is 7. The molecule has 8 nitrogen and oxygen atoms in total. The Morgan fingerprint density at radius 2 is 1.75 bits per heavy atom. The molecule has 8 heteroatoms. The second kappa shape index (κ2) is 10.6. The van der Waals surface area contributed by atoms with Gasteiger partial charge in [-0.25, -0.2) is 9.59 Å². The van der Waals surface area contributed by atoms with E-state index in [4.69, 9.17) is 19.2 Å². The van der Waals surface area contributed by atoms with Crippen molar-refractivity contribution in [1.29, 1.82) is 5.26 Å². The molecule has 4 rings (SSSR count). The highest BCUT2D eigenvalue weighted by Gasteiger charge is 2.19. The fourth-order valence-corrected chi connectivity index (χ4v) is 3.45. The number of benzene rings is 3. The topological polar surface area (TPSA) is 119 Å². The normalized spacial score (nSPS) is 11.4. The van der Waals surface area contributed by atoms with E-state index in [1.807, 2.05) is 19.1 Å². The number of hydrogen-bond acceptors (Lipinski definition) is 7. The summed E-state index contributed by atoms with van der Waals surface area (Å²) in [4.78, 5) is 36.4. The van der Waals surface area contributed by atoms with E-state index < -0.39 is 23.6 Å². The zero-order valence-corrected chi connectivity index (χ0v) is 19.6. The molecule has 0 saturated heterocycles. The first-order valence-electron chi connectivity index (χ1n) is 11.1. The van der Waals surface area contributed by atoms with Gasteiger partial charge in [-0.2, -0.15) is 5.26 Å². The number of nitrogens with zero attached hydrogens (tertiary/aromatic N) is 1. The van der Waals surface area contributed by atoms with Gasteiger partial charge in [-0.05, 0) is 73.5 Å². The van der Waals surface area contributed by atoms with Crippen molar-refractivity contribution >= 4 is 28.5 Å². The second-order valence-corrected chi connectivity index (χ2v) is 8.12. The van der Waals surface area contributed by atoms with Crippen molar-refractivity contribution < 1.29 is 23.5 Å². The highest BCUT2D eigenvalue weighted by Crippen LogP contribution is 2.23. The number of nitriles is 1. The summed E-state index contributed by atoms with van der Waals surface area (Å²) in [6.07, 6.45) is -1.02. The van der Waals surface area contributed by atoms with Crippen LogP contribution in [0.25, 0.3) is 11.0 Å². The van der Waals surface area contributed by atoms with Crippen molar-refractivity contribution in [3.05, 3.63) is 105 Å². The van der Waals surface area contributed by atoms with Crippen LogP contribution in [0.1, 0.15) is 34.0 Å². The maximum atomic E-state index is 12.5. The molecule has 1 heterocycles. The first kappa shape index (κ1) is 24.2. The number of carbonyl (C=O) groups excluding carboxylic acids is 2. The fraction of sp³-hybridized carbons (Fsp3) is 0.143. The van der Waals surface area contributed by atoms with Crippen molar-refractivity contribution in [2.75, 3.05) is 5.32 Å². The number of carbonyl (C=O) groups is 2. The van der Waals surface area contributed by atoms with Gasteiger partial charge in [0.2, 0.25) is 0 Å². The molecular formula is C28H22N2O6. The second-order valence-electron chi connectivity index (χ2n) is 8.12. The predicted molar refractivity (Wildman–Crippen MR) is 133 cm³/mol. The number of anilines is 1. The number of nitrogens with one attached hydrogen (secondary N) is 1. The van der Waals surface area contributed by atoms with Crippen LogP contribution in [0.15, 0.2) is 82.0 Å². The van der Waals surface area contributed by atoms with Gasteiger partial charge in [0.25, 0.3) is 5.91 Å².